The number of nitrogens with zero attached hydrogens (tertiary/aromatic N) is 1. The lowest BCUT2D eigenvalue weighted by atomic mass is 9.92. The van der Waals surface area contributed by atoms with Crippen molar-refractivity contribution < 1.29 is 18.0 Å². The van der Waals surface area contributed by atoms with E-state index in [1.54, 1.807) is 31.2 Å². The highest BCUT2D eigenvalue weighted by atomic mass is 35.5. The van der Waals surface area contributed by atoms with E-state index in [9.17, 15) is 18.0 Å². The monoisotopic (exact) mass is 379 g/mol. The van der Waals surface area contributed by atoms with E-state index in [1.165, 1.54) is 0 Å². The highest BCUT2D eigenvalue weighted by molar-refractivity contribution is 7.09. The van der Waals surface area contributed by atoms with Crippen molar-refractivity contribution in [3.05, 3.63) is 52.0 Å². The van der Waals surface area contributed by atoms with Crippen molar-refractivity contribution in [2.24, 2.45) is 5.73 Å². The van der Waals surface area contributed by atoms with Crippen molar-refractivity contribution in [3.63, 3.8) is 0 Å². The van der Waals surface area contributed by atoms with Gasteiger partial charge >= 0.3 is 6.18 Å². The third kappa shape index (κ3) is 4.93. The van der Waals surface area contributed by atoms with E-state index in [4.69, 9.17) is 5.73 Å². The summed E-state index contributed by atoms with van der Waals surface area (Å²) < 4.78 is 37.4. The minimum atomic E-state index is -4.44. The number of carbonyl (C=O) groups excluding carboxylic acids is 1. The molecular weight excluding hydrogens is 363 g/mol. The van der Waals surface area contributed by atoms with Crippen LogP contribution < -0.4 is 11.1 Å². The first-order chi connectivity index (χ1) is 10.7. The van der Waals surface area contributed by atoms with Gasteiger partial charge in [0.25, 0.3) is 0 Å². The van der Waals surface area contributed by atoms with Gasteiger partial charge in [-0.3, -0.25) is 4.79 Å². The van der Waals surface area contributed by atoms with Gasteiger partial charge in [-0.25, -0.2) is 4.98 Å². The molecule has 132 valence electrons. The molecule has 0 aliphatic heterocycles. The molecule has 24 heavy (non-hydrogen) atoms. The van der Waals surface area contributed by atoms with E-state index in [1.807, 2.05) is 6.07 Å². The van der Waals surface area contributed by atoms with Gasteiger partial charge in [-0.05, 0) is 12.5 Å². The summed E-state index contributed by atoms with van der Waals surface area (Å²) >= 11 is 0.918. The molecule has 0 aliphatic carbocycles. The van der Waals surface area contributed by atoms with Gasteiger partial charge in [0.1, 0.15) is 5.54 Å². The molecule has 2 rings (SSSR count). The molecule has 2 aromatic rings. The van der Waals surface area contributed by atoms with Crippen molar-refractivity contribution in [1.29, 1.82) is 0 Å². The lowest BCUT2D eigenvalue weighted by Crippen LogP contribution is -2.49. The molecule has 9 heteroatoms. The van der Waals surface area contributed by atoms with Crippen molar-refractivity contribution in [3.8, 4) is 0 Å². The minimum Gasteiger partial charge on any atom is -0.354 e. The molecule has 1 unspecified atom stereocenters. The Morgan fingerprint density at radius 1 is 1.29 bits per heavy atom. The van der Waals surface area contributed by atoms with Crippen LogP contribution in [-0.4, -0.2) is 17.4 Å². The quantitative estimate of drug-likeness (QED) is 0.838. The number of rotatable bonds is 5. The van der Waals surface area contributed by atoms with Crippen molar-refractivity contribution in [2.75, 3.05) is 6.54 Å². The van der Waals surface area contributed by atoms with Crippen LogP contribution in [0.25, 0.3) is 0 Å². The number of alkyl halides is 3. The summed E-state index contributed by atoms with van der Waals surface area (Å²) in [6, 6.07) is 8.87. The minimum absolute atomic E-state index is 0. The summed E-state index contributed by atoms with van der Waals surface area (Å²) in [5.41, 5.74) is 4.59. The van der Waals surface area contributed by atoms with Crippen LogP contribution in [0.15, 0.2) is 35.7 Å². The Balaban J connectivity index is 0.00000288. The number of nitrogens with two attached hydrogens (primary N) is 1. The van der Waals surface area contributed by atoms with Crippen LogP contribution in [-0.2, 0) is 22.9 Å². The van der Waals surface area contributed by atoms with E-state index in [0.29, 0.717) is 10.6 Å². The van der Waals surface area contributed by atoms with E-state index in [0.717, 1.165) is 16.7 Å². The molecule has 0 bridgehead atoms. The molecule has 3 N–H and O–H groups in total. The number of benzene rings is 1. The average Bonchev–Trinajstić information content (AvgIpc) is 2.97. The Labute approximate surface area is 147 Å². The number of carbonyl (C=O) groups is 1. The summed E-state index contributed by atoms with van der Waals surface area (Å²) in [5, 5.41) is 3.92. The smallest absolute Gasteiger partial charge is 0.354 e. The second-order valence-corrected chi connectivity index (χ2v) is 6.14. The maximum absolute atomic E-state index is 12.5. The fourth-order valence-corrected chi connectivity index (χ4v) is 2.74. The van der Waals surface area contributed by atoms with E-state index >= 15 is 0 Å². The number of halogens is 4. The lowest BCUT2D eigenvalue weighted by Gasteiger charge is -2.24. The zero-order valence-corrected chi connectivity index (χ0v) is 14.4. The van der Waals surface area contributed by atoms with Crippen LogP contribution in [0.2, 0.25) is 0 Å². The predicted molar refractivity (Wildman–Crippen MR) is 89.1 cm³/mol. The number of hydrogen-bond acceptors (Lipinski definition) is 4. The molecule has 1 atom stereocenters. The normalized spacial score (nSPS) is 13.7. The van der Waals surface area contributed by atoms with Crippen molar-refractivity contribution in [2.45, 2.75) is 25.1 Å². The largest absolute Gasteiger partial charge is 0.434 e. The van der Waals surface area contributed by atoms with Gasteiger partial charge < -0.3 is 11.1 Å². The number of aromatic nitrogens is 1. The second kappa shape index (κ2) is 7.96. The third-order valence-corrected chi connectivity index (χ3v) is 4.22. The highest BCUT2D eigenvalue weighted by Gasteiger charge is 2.34. The third-order valence-electron chi connectivity index (χ3n) is 3.31. The number of amides is 1. The van der Waals surface area contributed by atoms with Crippen molar-refractivity contribution in [1.82, 2.24) is 10.3 Å². The number of hydrogen-bond donors (Lipinski definition) is 2. The Hall–Kier alpha value is -1.64. The van der Waals surface area contributed by atoms with E-state index < -0.39 is 23.3 Å². The first-order valence-corrected chi connectivity index (χ1v) is 7.73. The topological polar surface area (TPSA) is 68.0 Å². The first kappa shape index (κ1) is 20.4. The molecule has 0 fully saturated rings. The highest BCUT2D eigenvalue weighted by Crippen LogP contribution is 2.30. The van der Waals surface area contributed by atoms with Gasteiger partial charge in [0, 0.05) is 18.3 Å². The lowest BCUT2D eigenvalue weighted by molar-refractivity contribution is -0.140. The van der Waals surface area contributed by atoms with Gasteiger partial charge in [0.2, 0.25) is 5.91 Å². The number of thiazole rings is 1. The molecule has 4 nitrogen and oxygen atoms in total. The molecule has 0 aliphatic rings. The summed E-state index contributed by atoms with van der Waals surface area (Å²) in [4.78, 5) is 15.7. The van der Waals surface area contributed by atoms with E-state index in [2.05, 4.69) is 10.3 Å². The molecule has 0 radical (unpaired) electrons. The maximum Gasteiger partial charge on any atom is 0.434 e. The Kier molecular flexibility index (Phi) is 6.76. The van der Waals surface area contributed by atoms with Crippen LogP contribution in [0.4, 0.5) is 13.2 Å². The number of nitrogens with one attached hydrogen (secondary N) is 1. The van der Waals surface area contributed by atoms with Crippen LogP contribution in [0.3, 0.4) is 0 Å². The molecular formula is C15H17ClF3N3OS. The zero-order chi connectivity index (χ0) is 17.1. The summed E-state index contributed by atoms with van der Waals surface area (Å²) in [6.45, 7) is 1.76. The van der Waals surface area contributed by atoms with Crippen LogP contribution >= 0.6 is 23.7 Å². The molecule has 0 saturated heterocycles. The Morgan fingerprint density at radius 3 is 2.46 bits per heavy atom. The first-order valence-electron chi connectivity index (χ1n) is 6.85. The second-order valence-electron chi connectivity index (χ2n) is 5.20. The van der Waals surface area contributed by atoms with Gasteiger partial charge in [-0.15, -0.1) is 23.7 Å². The average molecular weight is 380 g/mol. The standard InChI is InChI=1S/C15H16F3N3OS.ClH/c1-14(19,10-5-3-2-4-6-10)13(22)20-8-7-12-21-11(9-23-12)15(16,17)18;/h2-6,9H,7-8,19H2,1H3,(H,20,22);1H. The fraction of sp³-hybridized carbons (Fsp3) is 0.333. The maximum atomic E-state index is 12.5. The van der Waals surface area contributed by atoms with Gasteiger partial charge in [0.05, 0.1) is 5.01 Å². The van der Waals surface area contributed by atoms with Crippen LogP contribution in [0.1, 0.15) is 23.2 Å². The van der Waals surface area contributed by atoms with Gasteiger partial charge in [0.15, 0.2) is 5.69 Å². The van der Waals surface area contributed by atoms with Crippen LogP contribution in [0, 0.1) is 0 Å². The summed E-state index contributed by atoms with van der Waals surface area (Å²) in [5.74, 6) is -0.392. The molecule has 0 saturated carbocycles. The fourth-order valence-electron chi connectivity index (χ4n) is 1.94. The Bertz CT molecular complexity index is 674. The molecule has 0 spiro atoms. The summed E-state index contributed by atoms with van der Waals surface area (Å²) in [6.07, 6.45) is -4.22. The van der Waals surface area contributed by atoms with Gasteiger partial charge in [-0.1, -0.05) is 30.3 Å². The molecule has 1 aromatic carbocycles. The predicted octanol–water partition coefficient (Wildman–Crippen LogP) is 3.12. The Morgan fingerprint density at radius 2 is 1.92 bits per heavy atom. The van der Waals surface area contributed by atoms with E-state index in [-0.39, 0.29) is 25.4 Å². The molecule has 1 heterocycles. The zero-order valence-electron chi connectivity index (χ0n) is 12.8. The van der Waals surface area contributed by atoms with Crippen molar-refractivity contribution >= 4 is 29.7 Å². The molecule has 1 amide bonds. The van der Waals surface area contributed by atoms with Crippen LogP contribution in [0.5, 0.6) is 0 Å². The SMILES string of the molecule is CC(N)(C(=O)NCCc1nc(C(F)(F)F)cs1)c1ccccc1.Cl. The summed E-state index contributed by atoms with van der Waals surface area (Å²) in [7, 11) is 0. The molecule has 1 aromatic heterocycles. The van der Waals surface area contributed by atoms with Gasteiger partial charge in [-0.2, -0.15) is 13.2 Å².